The largest absolute Gasteiger partial charge is 0.496 e. The van der Waals surface area contributed by atoms with Crippen LogP contribution in [0.2, 0.25) is 10.0 Å². The van der Waals surface area contributed by atoms with Gasteiger partial charge in [-0.15, -0.1) is 0 Å². The Balaban J connectivity index is 2.11. The molecule has 0 saturated heterocycles. The summed E-state index contributed by atoms with van der Waals surface area (Å²) in [4.78, 5) is 0. The van der Waals surface area contributed by atoms with Crippen LogP contribution in [0.3, 0.4) is 0 Å². The molecule has 0 atom stereocenters. The van der Waals surface area contributed by atoms with E-state index < -0.39 is 0 Å². The molecule has 1 aliphatic carbocycles. The third-order valence-corrected chi connectivity index (χ3v) is 4.72. The molecule has 1 aromatic heterocycles. The lowest BCUT2D eigenvalue weighted by atomic mass is 10.0. The van der Waals surface area contributed by atoms with Crippen molar-refractivity contribution in [3.63, 3.8) is 0 Å². The highest BCUT2D eigenvalue weighted by Crippen LogP contribution is 2.43. The zero-order valence-corrected chi connectivity index (χ0v) is 13.7. The highest BCUT2D eigenvalue weighted by Gasteiger charge is 2.25. The summed E-state index contributed by atoms with van der Waals surface area (Å²) in [6.07, 6.45) is 3.84. The molecule has 0 unspecified atom stereocenters. The Morgan fingerprint density at radius 3 is 2.76 bits per heavy atom. The first-order valence-electron chi connectivity index (χ1n) is 6.84. The lowest BCUT2D eigenvalue weighted by Gasteiger charge is -2.13. The normalized spacial score (nSPS) is 13.3. The highest BCUT2D eigenvalue weighted by molar-refractivity contribution is 6.43. The number of benzene rings is 1. The van der Waals surface area contributed by atoms with Gasteiger partial charge in [0.1, 0.15) is 5.75 Å². The maximum atomic E-state index is 6.39. The number of nitrogens with zero attached hydrogens (tertiary/aromatic N) is 2. The molecule has 0 fully saturated rings. The number of aryl methyl sites for hydroxylation is 1. The lowest BCUT2D eigenvalue weighted by molar-refractivity contribution is 0.413. The summed E-state index contributed by atoms with van der Waals surface area (Å²) >= 11 is 12.5. The van der Waals surface area contributed by atoms with Gasteiger partial charge < -0.3 is 4.74 Å². The van der Waals surface area contributed by atoms with E-state index in [9.17, 15) is 0 Å². The first-order valence-corrected chi connectivity index (χ1v) is 7.60. The minimum absolute atomic E-state index is 0.536. The van der Waals surface area contributed by atoms with E-state index in [2.05, 4.69) is 18.1 Å². The van der Waals surface area contributed by atoms with Gasteiger partial charge in [-0.3, -0.25) is 4.68 Å². The number of methoxy groups -OCH3 is 1. The van der Waals surface area contributed by atoms with Crippen LogP contribution in [0.5, 0.6) is 5.75 Å². The Kier molecular flexibility index (Phi) is 3.72. The van der Waals surface area contributed by atoms with Gasteiger partial charge in [0.15, 0.2) is 0 Å². The Morgan fingerprint density at radius 2 is 2.10 bits per heavy atom. The van der Waals surface area contributed by atoms with Crippen molar-refractivity contribution in [2.75, 3.05) is 7.11 Å². The van der Waals surface area contributed by atoms with Crippen LogP contribution < -0.4 is 4.74 Å². The highest BCUT2D eigenvalue weighted by atomic mass is 35.5. The number of aromatic nitrogens is 2. The van der Waals surface area contributed by atoms with Gasteiger partial charge in [0.2, 0.25) is 0 Å². The lowest BCUT2D eigenvalue weighted by Crippen LogP contribution is -2.00. The van der Waals surface area contributed by atoms with Crippen LogP contribution in [-0.4, -0.2) is 16.9 Å². The Hall–Kier alpha value is -1.45. The van der Waals surface area contributed by atoms with Crippen molar-refractivity contribution in [3.05, 3.63) is 44.7 Å². The molecule has 3 rings (SSSR count). The number of fused-ring (bicyclic) bond motifs is 1. The van der Waals surface area contributed by atoms with Gasteiger partial charge in [-0.25, -0.2) is 0 Å². The fraction of sp³-hybridized carbons (Fsp3) is 0.312. The van der Waals surface area contributed by atoms with E-state index in [-0.39, 0.29) is 0 Å². The Morgan fingerprint density at radius 1 is 1.33 bits per heavy atom. The zero-order valence-electron chi connectivity index (χ0n) is 12.2. The summed E-state index contributed by atoms with van der Waals surface area (Å²) in [6, 6.07) is 3.60. The summed E-state index contributed by atoms with van der Waals surface area (Å²) in [6.45, 7) is 2.14. The van der Waals surface area contributed by atoms with Crippen LogP contribution in [0, 0.1) is 0 Å². The van der Waals surface area contributed by atoms with E-state index in [1.807, 2.05) is 17.8 Å². The van der Waals surface area contributed by atoms with Crippen molar-refractivity contribution in [2.45, 2.75) is 19.8 Å². The van der Waals surface area contributed by atoms with Crippen LogP contribution in [0.1, 0.15) is 29.4 Å². The maximum Gasteiger partial charge on any atom is 0.127 e. The van der Waals surface area contributed by atoms with Crippen LogP contribution in [0.15, 0.2) is 12.1 Å². The quantitative estimate of drug-likeness (QED) is 0.837. The smallest absolute Gasteiger partial charge is 0.127 e. The number of ether oxygens (including phenoxy) is 1. The van der Waals surface area contributed by atoms with Crippen LogP contribution >= 0.6 is 23.2 Å². The predicted molar refractivity (Wildman–Crippen MR) is 87.2 cm³/mol. The van der Waals surface area contributed by atoms with E-state index in [1.54, 1.807) is 13.2 Å². The van der Waals surface area contributed by atoms with E-state index in [0.717, 1.165) is 35.4 Å². The molecule has 0 saturated carbocycles. The van der Waals surface area contributed by atoms with Crippen LogP contribution in [0.4, 0.5) is 0 Å². The zero-order chi connectivity index (χ0) is 15.1. The van der Waals surface area contributed by atoms with Gasteiger partial charge >= 0.3 is 0 Å². The molecule has 1 aromatic carbocycles. The van der Waals surface area contributed by atoms with E-state index >= 15 is 0 Å². The molecular formula is C16H16Cl2N2O. The summed E-state index contributed by atoms with van der Waals surface area (Å²) in [5.41, 5.74) is 5.52. The average Bonchev–Trinajstić information content (AvgIpc) is 2.97. The molecule has 0 N–H and O–H groups in total. The fourth-order valence-electron chi connectivity index (χ4n) is 2.95. The van der Waals surface area contributed by atoms with Crippen LogP contribution in [-0.2, 0) is 19.9 Å². The van der Waals surface area contributed by atoms with Crippen molar-refractivity contribution >= 4 is 34.9 Å². The van der Waals surface area contributed by atoms with Gasteiger partial charge in [0.05, 0.1) is 22.8 Å². The molecule has 0 bridgehead atoms. The number of hydrogen-bond donors (Lipinski definition) is 0. The Labute approximate surface area is 134 Å². The van der Waals surface area contributed by atoms with Gasteiger partial charge in [-0.1, -0.05) is 30.1 Å². The molecule has 0 aliphatic heterocycles. The molecule has 2 aromatic rings. The van der Waals surface area contributed by atoms with Crippen molar-refractivity contribution in [3.8, 4) is 5.75 Å². The number of rotatable bonds is 3. The molecule has 1 aliphatic rings. The number of allylic oxidation sites excluding steroid dienone is 1. The molecule has 0 radical (unpaired) electrons. The monoisotopic (exact) mass is 322 g/mol. The fourth-order valence-corrected chi connectivity index (χ4v) is 3.38. The van der Waals surface area contributed by atoms with Crippen LogP contribution in [0.25, 0.3) is 11.6 Å². The molecule has 1 heterocycles. The van der Waals surface area contributed by atoms with Crippen molar-refractivity contribution < 1.29 is 4.74 Å². The molecule has 0 amide bonds. The third kappa shape index (κ3) is 2.25. The second-order valence-corrected chi connectivity index (χ2v) is 5.86. The molecule has 21 heavy (non-hydrogen) atoms. The van der Waals surface area contributed by atoms with Crippen molar-refractivity contribution in [1.29, 1.82) is 0 Å². The SMILES string of the molecule is CCc1c2c(nn1C)C=C(c1c(OC)ccc(Cl)c1Cl)C2. The van der Waals surface area contributed by atoms with E-state index in [1.165, 1.54) is 11.3 Å². The van der Waals surface area contributed by atoms with Gasteiger partial charge in [-0.2, -0.15) is 5.10 Å². The topological polar surface area (TPSA) is 27.1 Å². The van der Waals surface area contributed by atoms with E-state index in [0.29, 0.717) is 10.0 Å². The Bertz CT molecular complexity index is 747. The predicted octanol–water partition coefficient (Wildman–Crippen LogP) is 4.39. The number of halogens is 2. The molecule has 0 spiro atoms. The minimum Gasteiger partial charge on any atom is -0.496 e. The summed E-state index contributed by atoms with van der Waals surface area (Å²) in [5.74, 6) is 0.739. The average molecular weight is 323 g/mol. The second kappa shape index (κ2) is 5.39. The third-order valence-electron chi connectivity index (χ3n) is 3.92. The van der Waals surface area contributed by atoms with Crippen molar-refractivity contribution in [2.24, 2.45) is 7.05 Å². The van der Waals surface area contributed by atoms with Gasteiger partial charge in [-0.05, 0) is 30.2 Å². The molecule has 110 valence electrons. The molecule has 3 nitrogen and oxygen atoms in total. The summed E-state index contributed by atoms with van der Waals surface area (Å²) in [5, 5.41) is 5.64. The first-order chi connectivity index (χ1) is 10.1. The molecular weight excluding hydrogens is 307 g/mol. The van der Waals surface area contributed by atoms with Crippen molar-refractivity contribution in [1.82, 2.24) is 9.78 Å². The summed E-state index contributed by atoms with van der Waals surface area (Å²) < 4.78 is 7.39. The van der Waals surface area contributed by atoms with Gasteiger partial charge in [0, 0.05) is 30.3 Å². The minimum atomic E-state index is 0.536. The summed E-state index contributed by atoms with van der Waals surface area (Å²) in [7, 11) is 3.62. The second-order valence-electron chi connectivity index (χ2n) is 5.07. The maximum absolute atomic E-state index is 6.39. The van der Waals surface area contributed by atoms with E-state index in [4.69, 9.17) is 27.9 Å². The molecule has 5 heteroatoms. The standard InChI is InChI=1S/C16H16Cl2N2O/c1-4-13-10-7-9(8-12(10)19-20(13)2)15-14(21-3)6-5-11(17)16(15)18/h5-6,8H,4,7H2,1-3H3. The first kappa shape index (κ1) is 14.5. The number of hydrogen-bond acceptors (Lipinski definition) is 2. The van der Waals surface area contributed by atoms with Gasteiger partial charge in [0.25, 0.3) is 0 Å².